The number of alkyl carbamates (subject to hydrolysis) is 1. The van der Waals surface area contributed by atoms with Crippen LogP contribution in [-0.4, -0.2) is 37.0 Å². The van der Waals surface area contributed by atoms with Crippen LogP contribution < -0.4 is 5.32 Å². The Morgan fingerprint density at radius 2 is 2.00 bits per heavy atom. The molecule has 0 spiro atoms. The number of nitrogens with zero attached hydrogens (tertiary/aromatic N) is 4. The third kappa shape index (κ3) is 5.73. The van der Waals surface area contributed by atoms with Gasteiger partial charge in [0, 0.05) is 6.42 Å². The van der Waals surface area contributed by atoms with Crippen molar-refractivity contribution in [2.45, 2.75) is 70.0 Å². The Hall–Kier alpha value is -2.10. The summed E-state index contributed by atoms with van der Waals surface area (Å²) in [4.78, 5) is 20.6. The predicted octanol–water partition coefficient (Wildman–Crippen LogP) is 2.80. The number of hydrogen-bond acceptors (Lipinski definition) is 8. The summed E-state index contributed by atoms with van der Waals surface area (Å²) in [6.45, 7) is 11.0. The van der Waals surface area contributed by atoms with Gasteiger partial charge in [-0.15, -0.1) is 5.10 Å². The first-order valence-electron chi connectivity index (χ1n) is 7.97. The lowest BCUT2D eigenvalue weighted by molar-refractivity contribution is 0.0465. The van der Waals surface area contributed by atoms with Gasteiger partial charge in [0.15, 0.2) is 5.82 Å². The molecule has 1 amide bonds. The van der Waals surface area contributed by atoms with Gasteiger partial charge in [-0.1, -0.05) is 23.8 Å². The molecule has 0 fully saturated rings. The molecule has 2 N–H and O–H groups in total. The number of aromatic nitrogens is 5. The average Bonchev–Trinajstić information content (AvgIpc) is 3.12. The number of aromatic amines is 1. The van der Waals surface area contributed by atoms with Crippen LogP contribution in [-0.2, 0) is 22.4 Å². The number of hydrogen-bond donors (Lipinski definition) is 2. The van der Waals surface area contributed by atoms with Crippen LogP contribution in [0, 0.1) is 0 Å². The van der Waals surface area contributed by atoms with Crippen LogP contribution in [0.4, 0.5) is 4.79 Å². The fourth-order valence-electron chi connectivity index (χ4n) is 1.81. The first kappa shape index (κ1) is 19.2. The topological polar surface area (TPSA) is 119 Å². The van der Waals surface area contributed by atoms with Gasteiger partial charge in [-0.2, -0.15) is 4.98 Å². The molecule has 0 radical (unpaired) electrons. The first-order valence-corrected chi connectivity index (χ1v) is 8.96. The molecule has 2 aromatic heterocycles. The van der Waals surface area contributed by atoms with Crippen LogP contribution in [0.3, 0.4) is 0 Å². The minimum Gasteiger partial charge on any atom is -0.444 e. The molecule has 0 unspecified atom stereocenters. The summed E-state index contributed by atoms with van der Waals surface area (Å²) in [5.41, 5.74) is -1.40. The minimum atomic E-state index is -0.825. The number of carbonyl (C=O) groups is 1. The second-order valence-corrected chi connectivity index (χ2v) is 7.91. The van der Waals surface area contributed by atoms with Gasteiger partial charge in [-0.3, -0.25) is 5.10 Å². The lowest BCUT2D eigenvalue weighted by atomic mass is 10.1. The summed E-state index contributed by atoms with van der Waals surface area (Å²) in [6, 6.07) is 0. The van der Waals surface area contributed by atoms with Gasteiger partial charge in [0.05, 0.1) is 5.75 Å². The highest BCUT2D eigenvalue weighted by atomic mass is 32.2. The summed E-state index contributed by atoms with van der Waals surface area (Å²) in [7, 11) is 0. The fourth-order valence-corrected chi connectivity index (χ4v) is 2.46. The molecular weight excluding hydrogens is 344 g/mol. The lowest BCUT2D eigenvalue weighted by Crippen LogP contribution is -2.44. The van der Waals surface area contributed by atoms with Gasteiger partial charge in [-0.25, -0.2) is 9.78 Å². The van der Waals surface area contributed by atoms with Crippen LogP contribution in [0.1, 0.15) is 59.1 Å². The monoisotopic (exact) mass is 368 g/mol. The molecule has 2 aromatic rings. The van der Waals surface area contributed by atoms with Crippen LogP contribution in [0.2, 0.25) is 0 Å². The van der Waals surface area contributed by atoms with E-state index in [4.69, 9.17) is 9.26 Å². The van der Waals surface area contributed by atoms with Crippen molar-refractivity contribution < 1.29 is 14.1 Å². The van der Waals surface area contributed by atoms with E-state index >= 15 is 0 Å². The molecule has 0 aliphatic carbocycles. The summed E-state index contributed by atoms with van der Waals surface area (Å²) in [5.74, 6) is 2.08. The van der Waals surface area contributed by atoms with E-state index in [1.165, 1.54) is 11.8 Å². The van der Waals surface area contributed by atoms with Gasteiger partial charge in [-0.05, 0) is 34.6 Å². The summed E-state index contributed by atoms with van der Waals surface area (Å²) < 4.78 is 10.5. The summed E-state index contributed by atoms with van der Waals surface area (Å²) in [6.07, 6.45) is 0.258. The van der Waals surface area contributed by atoms with E-state index in [2.05, 4.69) is 30.6 Å². The number of thioether (sulfide) groups is 1. The third-order valence-electron chi connectivity index (χ3n) is 3.01. The molecule has 0 saturated heterocycles. The van der Waals surface area contributed by atoms with Crippen molar-refractivity contribution in [3.63, 3.8) is 0 Å². The maximum Gasteiger partial charge on any atom is 0.408 e. The third-order valence-corrected chi connectivity index (χ3v) is 3.84. The number of nitrogens with one attached hydrogen (secondary N) is 2. The second-order valence-electron chi connectivity index (χ2n) is 6.97. The molecule has 9 nitrogen and oxygen atoms in total. The Bertz CT molecular complexity index is 719. The van der Waals surface area contributed by atoms with E-state index in [9.17, 15) is 4.79 Å². The van der Waals surface area contributed by atoms with Crippen molar-refractivity contribution in [2.24, 2.45) is 0 Å². The average molecular weight is 368 g/mol. The SMILES string of the molecule is CCc1nc(SCc2nc(C(C)(C)NC(=O)OC(C)(C)C)no2)n[nH]1. The Morgan fingerprint density at radius 1 is 1.28 bits per heavy atom. The quantitative estimate of drug-likeness (QED) is 0.747. The van der Waals surface area contributed by atoms with Gasteiger partial charge in [0.2, 0.25) is 11.0 Å². The molecule has 138 valence electrons. The maximum atomic E-state index is 12.0. The van der Waals surface area contributed by atoms with Gasteiger partial charge in [0.1, 0.15) is 17.0 Å². The molecule has 0 aromatic carbocycles. The highest BCUT2D eigenvalue weighted by Gasteiger charge is 2.31. The summed E-state index contributed by atoms with van der Waals surface area (Å²) in [5, 5.41) is 14.3. The molecule has 0 saturated carbocycles. The molecule has 0 aliphatic heterocycles. The minimum absolute atomic E-state index is 0.373. The van der Waals surface area contributed by atoms with E-state index in [1.54, 1.807) is 34.6 Å². The number of rotatable bonds is 6. The Balaban J connectivity index is 1.95. The van der Waals surface area contributed by atoms with E-state index < -0.39 is 17.2 Å². The maximum absolute atomic E-state index is 12.0. The standard InChI is InChI=1S/C15H24N6O3S/c1-7-9-16-12(20-19-9)25-8-10-17-11(21-24-10)15(5,6)18-13(22)23-14(2,3)4/h7-8H2,1-6H3,(H,18,22)(H,16,19,20). The van der Waals surface area contributed by atoms with Crippen molar-refractivity contribution in [1.29, 1.82) is 0 Å². The number of ether oxygens (including phenoxy) is 1. The molecule has 25 heavy (non-hydrogen) atoms. The van der Waals surface area contributed by atoms with E-state index in [0.29, 0.717) is 22.6 Å². The van der Waals surface area contributed by atoms with Crippen LogP contribution >= 0.6 is 11.8 Å². The van der Waals surface area contributed by atoms with Crippen molar-refractivity contribution in [3.8, 4) is 0 Å². The molecular formula is C15H24N6O3S. The molecule has 0 aliphatic rings. The second kappa shape index (κ2) is 7.42. The van der Waals surface area contributed by atoms with Gasteiger partial charge in [0.25, 0.3) is 0 Å². The Labute approximate surface area is 150 Å². The van der Waals surface area contributed by atoms with Crippen LogP contribution in [0.5, 0.6) is 0 Å². The van der Waals surface area contributed by atoms with Gasteiger partial charge < -0.3 is 14.6 Å². The first-order chi connectivity index (χ1) is 11.6. The Kier molecular flexibility index (Phi) is 5.71. The normalized spacial score (nSPS) is 12.2. The van der Waals surface area contributed by atoms with Crippen molar-refractivity contribution >= 4 is 17.9 Å². The lowest BCUT2D eigenvalue weighted by Gasteiger charge is -2.26. The van der Waals surface area contributed by atoms with E-state index in [1.807, 2.05) is 6.92 Å². The number of carbonyl (C=O) groups excluding carboxylic acids is 1. The van der Waals surface area contributed by atoms with Crippen LogP contribution in [0.25, 0.3) is 0 Å². The number of aryl methyl sites for hydroxylation is 1. The zero-order valence-corrected chi connectivity index (χ0v) is 16.2. The zero-order valence-electron chi connectivity index (χ0n) is 15.3. The molecule has 10 heteroatoms. The number of amides is 1. The largest absolute Gasteiger partial charge is 0.444 e. The van der Waals surface area contributed by atoms with Crippen molar-refractivity contribution in [1.82, 2.24) is 30.6 Å². The van der Waals surface area contributed by atoms with E-state index in [-0.39, 0.29) is 0 Å². The Morgan fingerprint density at radius 3 is 2.60 bits per heavy atom. The smallest absolute Gasteiger partial charge is 0.408 e. The van der Waals surface area contributed by atoms with Gasteiger partial charge >= 0.3 is 6.09 Å². The van der Waals surface area contributed by atoms with Crippen LogP contribution in [0.15, 0.2) is 9.68 Å². The zero-order chi connectivity index (χ0) is 18.7. The van der Waals surface area contributed by atoms with E-state index in [0.717, 1.165) is 12.2 Å². The highest BCUT2D eigenvalue weighted by molar-refractivity contribution is 7.98. The predicted molar refractivity (Wildman–Crippen MR) is 92.0 cm³/mol. The number of H-pyrrole nitrogens is 1. The fraction of sp³-hybridized carbons (Fsp3) is 0.667. The van der Waals surface area contributed by atoms with Crippen molar-refractivity contribution in [3.05, 3.63) is 17.5 Å². The summed E-state index contributed by atoms with van der Waals surface area (Å²) >= 11 is 1.39. The van der Waals surface area contributed by atoms with Crippen molar-refractivity contribution in [2.75, 3.05) is 0 Å². The highest BCUT2D eigenvalue weighted by Crippen LogP contribution is 2.22. The molecule has 0 atom stereocenters. The molecule has 0 bridgehead atoms. The molecule has 2 rings (SSSR count). The molecule has 2 heterocycles.